The van der Waals surface area contributed by atoms with Crippen molar-refractivity contribution >= 4 is 6.08 Å². The van der Waals surface area contributed by atoms with Gasteiger partial charge in [-0.05, 0) is 36.1 Å². The van der Waals surface area contributed by atoms with Crippen LogP contribution >= 0.6 is 0 Å². The molecule has 1 aromatic carbocycles. The van der Waals surface area contributed by atoms with E-state index in [0.717, 1.165) is 12.2 Å². The molecule has 0 N–H and O–H groups in total. The van der Waals surface area contributed by atoms with Crippen molar-refractivity contribution < 1.29 is 4.74 Å². The Balaban J connectivity index is 2.05. The number of rotatable bonds is 3. The minimum atomic E-state index is 0.897. The van der Waals surface area contributed by atoms with Gasteiger partial charge in [-0.2, -0.15) is 0 Å². The van der Waals surface area contributed by atoms with Gasteiger partial charge >= 0.3 is 0 Å². The van der Waals surface area contributed by atoms with Crippen LogP contribution in [-0.2, 0) is 0 Å². The Bertz CT molecular complexity index is 421. The summed E-state index contributed by atoms with van der Waals surface area (Å²) in [5.74, 6) is 0.897. The van der Waals surface area contributed by atoms with Gasteiger partial charge in [0.15, 0.2) is 0 Å². The van der Waals surface area contributed by atoms with Crippen LogP contribution in [0.2, 0.25) is 0 Å². The first-order chi connectivity index (χ1) is 7.88. The predicted octanol–water partition coefficient (Wildman–Crippen LogP) is 3.98. The highest BCUT2D eigenvalue weighted by atomic mass is 16.5. The molecule has 0 spiro atoms. The topological polar surface area (TPSA) is 9.23 Å². The molecule has 82 valence electrons. The summed E-state index contributed by atoms with van der Waals surface area (Å²) in [5, 5.41) is 0. The van der Waals surface area contributed by atoms with E-state index in [-0.39, 0.29) is 0 Å². The summed E-state index contributed by atoms with van der Waals surface area (Å²) in [6, 6.07) is 8.07. The van der Waals surface area contributed by atoms with Crippen molar-refractivity contribution in [2.45, 2.75) is 12.8 Å². The molecule has 1 aliphatic rings. The quantitative estimate of drug-likeness (QED) is 0.736. The molecule has 2 rings (SSSR count). The summed E-state index contributed by atoms with van der Waals surface area (Å²) in [4.78, 5) is 0. The van der Waals surface area contributed by atoms with E-state index in [1.807, 2.05) is 12.1 Å². The van der Waals surface area contributed by atoms with E-state index in [1.54, 1.807) is 7.11 Å². The lowest BCUT2D eigenvalue weighted by Crippen LogP contribution is -1.82. The second kappa shape index (κ2) is 5.36. The summed E-state index contributed by atoms with van der Waals surface area (Å²) < 4.78 is 5.12. The maximum absolute atomic E-state index is 5.12. The second-order valence-electron chi connectivity index (χ2n) is 3.79. The van der Waals surface area contributed by atoms with Crippen LogP contribution in [0, 0.1) is 0 Å². The highest BCUT2D eigenvalue weighted by Crippen LogP contribution is 2.15. The average Bonchev–Trinajstić information content (AvgIpc) is 2.38. The normalized spacial score (nSPS) is 15.2. The first-order valence-electron chi connectivity index (χ1n) is 5.57. The van der Waals surface area contributed by atoms with E-state index in [0.29, 0.717) is 0 Å². The second-order valence-corrected chi connectivity index (χ2v) is 3.79. The number of allylic oxidation sites excluding steroid dienone is 5. The number of hydrogen-bond donors (Lipinski definition) is 0. The molecule has 0 aromatic heterocycles. The van der Waals surface area contributed by atoms with Gasteiger partial charge in [-0.1, -0.05) is 42.5 Å². The van der Waals surface area contributed by atoms with E-state index in [1.165, 1.54) is 17.6 Å². The van der Waals surface area contributed by atoms with Crippen LogP contribution in [0.4, 0.5) is 0 Å². The third kappa shape index (κ3) is 2.86. The Kier molecular flexibility index (Phi) is 3.60. The van der Waals surface area contributed by atoms with Gasteiger partial charge in [-0.15, -0.1) is 0 Å². The SMILES string of the molecule is COc1ccc(/C=C/C2=CCCC=C2)cc1. The van der Waals surface area contributed by atoms with E-state index in [9.17, 15) is 0 Å². The Morgan fingerprint density at radius 2 is 1.88 bits per heavy atom. The van der Waals surface area contributed by atoms with E-state index in [4.69, 9.17) is 4.74 Å². The number of hydrogen-bond acceptors (Lipinski definition) is 1. The van der Waals surface area contributed by atoms with Crippen LogP contribution in [-0.4, -0.2) is 7.11 Å². The molecule has 0 unspecified atom stereocenters. The third-order valence-corrected chi connectivity index (χ3v) is 2.61. The Labute approximate surface area is 96.8 Å². The van der Waals surface area contributed by atoms with Gasteiger partial charge in [0.25, 0.3) is 0 Å². The fraction of sp³-hybridized carbons (Fsp3) is 0.200. The molecular weight excluding hydrogens is 196 g/mol. The summed E-state index contributed by atoms with van der Waals surface area (Å²) in [6.45, 7) is 0. The lowest BCUT2D eigenvalue weighted by atomic mass is 10.1. The van der Waals surface area contributed by atoms with Crippen LogP contribution in [0.3, 0.4) is 0 Å². The molecule has 1 heteroatoms. The molecular formula is C15H16O. The van der Waals surface area contributed by atoms with E-state index < -0.39 is 0 Å². The Morgan fingerprint density at radius 1 is 1.06 bits per heavy atom. The van der Waals surface area contributed by atoms with Crippen molar-refractivity contribution in [1.82, 2.24) is 0 Å². The summed E-state index contributed by atoms with van der Waals surface area (Å²) >= 11 is 0. The monoisotopic (exact) mass is 212 g/mol. The highest BCUT2D eigenvalue weighted by Gasteiger charge is 1.93. The zero-order valence-corrected chi connectivity index (χ0v) is 9.52. The molecule has 1 aromatic rings. The molecule has 0 bridgehead atoms. The van der Waals surface area contributed by atoms with Crippen molar-refractivity contribution in [3.8, 4) is 5.75 Å². The third-order valence-electron chi connectivity index (χ3n) is 2.61. The van der Waals surface area contributed by atoms with Gasteiger partial charge in [-0.25, -0.2) is 0 Å². The maximum atomic E-state index is 5.12. The lowest BCUT2D eigenvalue weighted by molar-refractivity contribution is 0.415. The van der Waals surface area contributed by atoms with E-state index in [2.05, 4.69) is 42.5 Å². The van der Waals surface area contributed by atoms with Crippen LogP contribution < -0.4 is 4.74 Å². The minimum absolute atomic E-state index is 0.897. The molecule has 0 radical (unpaired) electrons. The van der Waals surface area contributed by atoms with Gasteiger partial charge in [0.1, 0.15) is 5.75 Å². The van der Waals surface area contributed by atoms with Crippen LogP contribution in [0.15, 0.2) is 54.1 Å². The predicted molar refractivity (Wildman–Crippen MR) is 68.5 cm³/mol. The largest absolute Gasteiger partial charge is 0.497 e. The molecule has 0 atom stereocenters. The van der Waals surface area contributed by atoms with Gasteiger partial charge in [0, 0.05) is 0 Å². The van der Waals surface area contributed by atoms with Gasteiger partial charge in [0.2, 0.25) is 0 Å². The van der Waals surface area contributed by atoms with Gasteiger partial charge < -0.3 is 4.74 Å². The summed E-state index contributed by atoms with van der Waals surface area (Å²) in [5.41, 5.74) is 2.49. The zero-order valence-electron chi connectivity index (χ0n) is 9.52. The molecule has 1 aliphatic carbocycles. The molecule has 0 saturated carbocycles. The number of methoxy groups -OCH3 is 1. The fourth-order valence-electron chi connectivity index (χ4n) is 1.66. The highest BCUT2D eigenvalue weighted by molar-refractivity contribution is 5.55. The molecule has 0 saturated heterocycles. The van der Waals surface area contributed by atoms with Crippen molar-refractivity contribution in [2.75, 3.05) is 7.11 Å². The van der Waals surface area contributed by atoms with Crippen LogP contribution in [0.1, 0.15) is 18.4 Å². The van der Waals surface area contributed by atoms with Crippen LogP contribution in [0.25, 0.3) is 6.08 Å². The molecule has 0 amide bonds. The fourth-order valence-corrected chi connectivity index (χ4v) is 1.66. The van der Waals surface area contributed by atoms with Crippen molar-refractivity contribution in [2.24, 2.45) is 0 Å². The summed E-state index contributed by atoms with van der Waals surface area (Å²) in [7, 11) is 1.68. The smallest absolute Gasteiger partial charge is 0.118 e. The molecule has 16 heavy (non-hydrogen) atoms. The standard InChI is InChI=1S/C15H16O/c1-16-15-11-9-14(10-12-15)8-7-13-5-3-2-4-6-13/h3,5-12H,2,4H2,1H3/b8-7+. The van der Waals surface area contributed by atoms with Crippen molar-refractivity contribution in [3.05, 3.63) is 59.7 Å². The first-order valence-corrected chi connectivity index (χ1v) is 5.57. The van der Waals surface area contributed by atoms with Crippen molar-refractivity contribution in [3.63, 3.8) is 0 Å². The average molecular weight is 212 g/mol. The Hall–Kier alpha value is -1.76. The van der Waals surface area contributed by atoms with Gasteiger partial charge in [0.05, 0.1) is 7.11 Å². The molecule has 0 heterocycles. The lowest BCUT2D eigenvalue weighted by Gasteiger charge is -2.01. The summed E-state index contributed by atoms with van der Waals surface area (Å²) in [6.07, 6.45) is 13.2. The van der Waals surface area contributed by atoms with E-state index >= 15 is 0 Å². The number of ether oxygens (including phenoxy) is 1. The number of benzene rings is 1. The molecule has 0 fully saturated rings. The first kappa shape index (κ1) is 10.7. The molecule has 0 aliphatic heterocycles. The van der Waals surface area contributed by atoms with Gasteiger partial charge in [-0.3, -0.25) is 0 Å². The van der Waals surface area contributed by atoms with Crippen LogP contribution in [0.5, 0.6) is 5.75 Å². The van der Waals surface area contributed by atoms with Crippen molar-refractivity contribution in [1.29, 1.82) is 0 Å². The molecule has 1 nitrogen and oxygen atoms in total. The Morgan fingerprint density at radius 3 is 2.50 bits per heavy atom. The zero-order chi connectivity index (χ0) is 11.2. The maximum Gasteiger partial charge on any atom is 0.118 e. The minimum Gasteiger partial charge on any atom is -0.497 e.